The summed E-state index contributed by atoms with van der Waals surface area (Å²) in [6, 6.07) is 3.29. The third-order valence-corrected chi connectivity index (χ3v) is 3.70. The number of methoxy groups -OCH3 is 1. The Morgan fingerprint density at radius 1 is 1.40 bits per heavy atom. The zero-order valence-corrected chi connectivity index (χ0v) is 16.4. The summed E-state index contributed by atoms with van der Waals surface area (Å²) in [5.74, 6) is 0.699. The Bertz CT molecular complexity index is 509. The number of ether oxygens (including phenoxy) is 2. The number of rotatable bonds is 6. The smallest absolute Gasteiger partial charge is 0.239 e. The lowest BCUT2D eigenvalue weighted by Gasteiger charge is -2.36. The molecule has 1 fully saturated rings. The van der Waals surface area contributed by atoms with Crippen LogP contribution in [0.1, 0.15) is 19.4 Å². The summed E-state index contributed by atoms with van der Waals surface area (Å²) in [5, 5.41) is 2.78. The molecule has 2 heterocycles. The Kier molecular flexibility index (Phi) is 11.0. The van der Waals surface area contributed by atoms with Crippen molar-refractivity contribution in [3.8, 4) is 0 Å². The quantitative estimate of drug-likeness (QED) is 0.751. The summed E-state index contributed by atoms with van der Waals surface area (Å²) in [6.45, 7) is 6.40. The molecule has 0 spiro atoms. The molecule has 7 nitrogen and oxygen atoms in total. The van der Waals surface area contributed by atoms with Gasteiger partial charge in [0.05, 0.1) is 18.8 Å². The van der Waals surface area contributed by atoms with Crippen molar-refractivity contribution in [1.82, 2.24) is 10.3 Å². The zero-order chi connectivity index (χ0) is 16.8. The van der Waals surface area contributed by atoms with Gasteiger partial charge in [-0.1, -0.05) is 6.07 Å². The molecule has 1 amide bonds. The van der Waals surface area contributed by atoms with Crippen LogP contribution in [-0.2, 0) is 20.8 Å². The van der Waals surface area contributed by atoms with E-state index in [1.807, 2.05) is 12.1 Å². The highest BCUT2D eigenvalue weighted by Gasteiger charge is 2.23. The lowest BCUT2D eigenvalue weighted by atomic mass is 10.2. The molecule has 0 radical (unpaired) electrons. The van der Waals surface area contributed by atoms with E-state index in [1.165, 1.54) is 7.11 Å². The molecule has 3 N–H and O–H groups in total. The van der Waals surface area contributed by atoms with Gasteiger partial charge in [0.15, 0.2) is 0 Å². The molecule has 0 saturated carbocycles. The van der Waals surface area contributed by atoms with Crippen LogP contribution in [0.2, 0.25) is 0 Å². The number of nitrogens with one attached hydrogen (secondary N) is 1. The van der Waals surface area contributed by atoms with Crippen molar-refractivity contribution in [3.05, 3.63) is 23.9 Å². The second-order valence-electron chi connectivity index (χ2n) is 5.97. The normalized spacial score (nSPS) is 20.9. The van der Waals surface area contributed by atoms with Gasteiger partial charge >= 0.3 is 0 Å². The molecule has 25 heavy (non-hydrogen) atoms. The maximum Gasteiger partial charge on any atom is 0.239 e. The molecule has 0 bridgehead atoms. The van der Waals surface area contributed by atoms with E-state index in [4.69, 9.17) is 15.2 Å². The van der Waals surface area contributed by atoms with Gasteiger partial charge in [-0.3, -0.25) is 4.79 Å². The molecule has 9 heteroatoms. The molecule has 3 unspecified atom stereocenters. The molecule has 2 rings (SSSR count). The van der Waals surface area contributed by atoms with Crippen molar-refractivity contribution in [2.75, 3.05) is 31.7 Å². The minimum atomic E-state index is -0.649. The second kappa shape index (κ2) is 11.5. The molecule has 3 atom stereocenters. The first-order valence-electron chi connectivity index (χ1n) is 7.87. The second-order valence-corrected chi connectivity index (χ2v) is 5.97. The van der Waals surface area contributed by atoms with Gasteiger partial charge in [0, 0.05) is 32.9 Å². The van der Waals surface area contributed by atoms with Gasteiger partial charge in [0.2, 0.25) is 5.91 Å². The van der Waals surface area contributed by atoms with Gasteiger partial charge in [-0.2, -0.15) is 0 Å². The average molecular weight is 395 g/mol. The summed E-state index contributed by atoms with van der Waals surface area (Å²) < 4.78 is 10.6. The molecule has 0 aliphatic carbocycles. The van der Waals surface area contributed by atoms with Crippen molar-refractivity contribution in [2.45, 2.75) is 38.6 Å². The van der Waals surface area contributed by atoms with E-state index in [-0.39, 0.29) is 49.5 Å². The van der Waals surface area contributed by atoms with Crippen LogP contribution in [0.25, 0.3) is 0 Å². The Hall–Kier alpha value is -1.12. The van der Waals surface area contributed by atoms with Gasteiger partial charge in [-0.25, -0.2) is 4.98 Å². The standard InChI is InChI=1S/C16H26N4O3.2ClH/c1-11-8-20(9-12(2)23-11)15-5-4-13(6-18-15)7-19-16(21)14(17)10-22-3;;/h4-6,11-12,14H,7-10,17H2,1-3H3,(H,19,21);2*1H. The van der Waals surface area contributed by atoms with E-state index in [1.54, 1.807) is 6.20 Å². The van der Waals surface area contributed by atoms with E-state index < -0.39 is 6.04 Å². The number of anilines is 1. The van der Waals surface area contributed by atoms with Crippen LogP contribution in [0.5, 0.6) is 0 Å². The van der Waals surface area contributed by atoms with Crippen LogP contribution in [0, 0.1) is 0 Å². The van der Waals surface area contributed by atoms with Gasteiger partial charge in [-0.15, -0.1) is 24.8 Å². The Morgan fingerprint density at radius 3 is 2.56 bits per heavy atom. The van der Waals surface area contributed by atoms with Gasteiger partial charge in [-0.05, 0) is 25.5 Å². The predicted molar refractivity (Wildman–Crippen MR) is 103 cm³/mol. The van der Waals surface area contributed by atoms with Crippen molar-refractivity contribution in [1.29, 1.82) is 0 Å². The van der Waals surface area contributed by atoms with Crippen LogP contribution in [0.15, 0.2) is 18.3 Å². The van der Waals surface area contributed by atoms with Crippen LogP contribution < -0.4 is 16.0 Å². The van der Waals surface area contributed by atoms with Crippen molar-refractivity contribution in [2.24, 2.45) is 5.73 Å². The third kappa shape index (κ3) is 7.33. The maximum absolute atomic E-state index is 11.7. The largest absolute Gasteiger partial charge is 0.383 e. The summed E-state index contributed by atoms with van der Waals surface area (Å²) in [5.41, 5.74) is 6.60. The van der Waals surface area contributed by atoms with Crippen LogP contribution in [-0.4, -0.2) is 55.9 Å². The lowest BCUT2D eigenvalue weighted by Crippen LogP contribution is -2.45. The fourth-order valence-corrected chi connectivity index (χ4v) is 2.65. The Morgan fingerprint density at radius 2 is 2.04 bits per heavy atom. The number of nitrogens with zero attached hydrogens (tertiary/aromatic N) is 2. The van der Waals surface area contributed by atoms with E-state index >= 15 is 0 Å². The summed E-state index contributed by atoms with van der Waals surface area (Å²) in [7, 11) is 1.52. The van der Waals surface area contributed by atoms with Gasteiger partial charge < -0.3 is 25.4 Å². The molecule has 1 aromatic rings. The monoisotopic (exact) mass is 394 g/mol. The SMILES string of the molecule is COCC(N)C(=O)NCc1ccc(N2CC(C)OC(C)C2)nc1.Cl.Cl. The summed E-state index contributed by atoms with van der Waals surface area (Å²) >= 11 is 0. The molecule has 1 aliphatic rings. The highest BCUT2D eigenvalue weighted by molar-refractivity contribution is 5.85. The molecule has 144 valence electrons. The number of carbonyl (C=O) groups excluding carboxylic acids is 1. The Balaban J connectivity index is 0.00000288. The number of nitrogens with two attached hydrogens (primary N) is 1. The lowest BCUT2D eigenvalue weighted by molar-refractivity contribution is -0.123. The van der Waals surface area contributed by atoms with E-state index in [0.717, 1.165) is 24.5 Å². The van der Waals surface area contributed by atoms with Crippen LogP contribution in [0.4, 0.5) is 5.82 Å². The number of amides is 1. The zero-order valence-electron chi connectivity index (χ0n) is 14.8. The van der Waals surface area contributed by atoms with Crippen molar-refractivity contribution < 1.29 is 14.3 Å². The van der Waals surface area contributed by atoms with Gasteiger partial charge in [0.25, 0.3) is 0 Å². The number of hydrogen-bond acceptors (Lipinski definition) is 6. The summed E-state index contributed by atoms with van der Waals surface area (Å²) in [4.78, 5) is 18.4. The minimum Gasteiger partial charge on any atom is -0.383 e. The van der Waals surface area contributed by atoms with Crippen molar-refractivity contribution in [3.63, 3.8) is 0 Å². The number of morpholine rings is 1. The first-order valence-corrected chi connectivity index (χ1v) is 7.87. The topological polar surface area (TPSA) is 89.7 Å². The van der Waals surface area contributed by atoms with E-state index in [0.29, 0.717) is 6.54 Å². The first kappa shape index (κ1) is 23.9. The molecular formula is C16H28Cl2N4O3. The number of halogens is 2. The van der Waals surface area contributed by atoms with Crippen LogP contribution in [0.3, 0.4) is 0 Å². The maximum atomic E-state index is 11.7. The molecular weight excluding hydrogens is 367 g/mol. The first-order chi connectivity index (χ1) is 11.0. The fourth-order valence-electron chi connectivity index (χ4n) is 2.65. The summed E-state index contributed by atoms with van der Waals surface area (Å²) in [6.07, 6.45) is 2.17. The van der Waals surface area contributed by atoms with Gasteiger partial charge in [0.1, 0.15) is 11.9 Å². The number of carbonyl (C=O) groups is 1. The van der Waals surface area contributed by atoms with Crippen LogP contribution >= 0.6 is 24.8 Å². The Labute approximate surface area is 161 Å². The van der Waals surface area contributed by atoms with E-state index in [2.05, 4.69) is 29.0 Å². The molecule has 1 saturated heterocycles. The molecule has 0 aromatic carbocycles. The van der Waals surface area contributed by atoms with Crippen molar-refractivity contribution >= 4 is 36.5 Å². The number of hydrogen-bond donors (Lipinski definition) is 2. The highest BCUT2D eigenvalue weighted by Crippen LogP contribution is 2.18. The molecule has 1 aromatic heterocycles. The highest BCUT2D eigenvalue weighted by atomic mass is 35.5. The minimum absolute atomic E-state index is 0. The fraction of sp³-hybridized carbons (Fsp3) is 0.625. The number of aromatic nitrogens is 1. The molecule has 1 aliphatic heterocycles. The number of pyridine rings is 1. The average Bonchev–Trinajstić information content (AvgIpc) is 2.52. The predicted octanol–water partition coefficient (Wildman–Crippen LogP) is 1.13. The van der Waals surface area contributed by atoms with E-state index in [9.17, 15) is 4.79 Å². The third-order valence-electron chi connectivity index (χ3n) is 3.70.